The van der Waals surface area contributed by atoms with Gasteiger partial charge in [-0.15, -0.1) is 6.42 Å². The fourth-order valence-electron chi connectivity index (χ4n) is 1.98. The largest absolute Gasteiger partial charge is 0.355 e. The van der Waals surface area contributed by atoms with Gasteiger partial charge in [0.1, 0.15) is 5.92 Å². The summed E-state index contributed by atoms with van der Waals surface area (Å²) in [5.74, 6) is 1.25. The first-order valence-corrected chi connectivity index (χ1v) is 5.37. The number of terminal acetylenes is 1. The number of rotatable bonds is 2. The molecule has 2 amide bonds. The average Bonchev–Trinajstić information content (AvgIpc) is 2.56. The molecular weight excluding hydrogens is 204 g/mol. The van der Waals surface area contributed by atoms with Crippen LogP contribution in [0.25, 0.3) is 0 Å². The van der Waals surface area contributed by atoms with Crippen LogP contribution in [0.4, 0.5) is 0 Å². The summed E-state index contributed by atoms with van der Waals surface area (Å²) >= 11 is 0. The summed E-state index contributed by atoms with van der Waals surface area (Å²) in [5, 5.41) is 5.30. The monoisotopic (exact) mass is 222 g/mol. The molecule has 0 aromatic rings. The highest BCUT2D eigenvalue weighted by atomic mass is 16.2. The van der Waals surface area contributed by atoms with Crippen molar-refractivity contribution in [1.82, 2.24) is 10.6 Å². The maximum Gasteiger partial charge on any atom is 0.233 e. The Labute approximate surface area is 96.2 Å². The van der Waals surface area contributed by atoms with E-state index in [4.69, 9.17) is 6.42 Å². The summed E-state index contributed by atoms with van der Waals surface area (Å²) in [6.45, 7) is 6.80. The van der Waals surface area contributed by atoms with E-state index in [1.165, 1.54) is 0 Å². The van der Waals surface area contributed by atoms with Crippen LogP contribution in [0, 0.1) is 29.6 Å². The van der Waals surface area contributed by atoms with Crippen molar-refractivity contribution >= 4 is 11.8 Å². The predicted octanol–water partition coefficient (Wildman–Crippen LogP) is 0.144. The second-order valence-corrected chi connectivity index (χ2v) is 5.12. The molecule has 1 aliphatic rings. The number of carbonyl (C=O) groups excluding carboxylic acids is 2. The Bertz CT molecular complexity index is 336. The molecule has 1 fully saturated rings. The summed E-state index contributed by atoms with van der Waals surface area (Å²) in [7, 11) is 0. The first-order valence-electron chi connectivity index (χ1n) is 5.37. The number of carbonyl (C=O) groups is 2. The molecule has 1 heterocycles. The first-order chi connectivity index (χ1) is 7.38. The SMILES string of the molecule is C#CCNC(=O)C1C(=O)NCC1C(C)(C)C. The molecule has 1 saturated heterocycles. The van der Waals surface area contributed by atoms with E-state index in [-0.39, 0.29) is 29.7 Å². The Morgan fingerprint density at radius 3 is 2.75 bits per heavy atom. The van der Waals surface area contributed by atoms with Gasteiger partial charge in [-0.05, 0) is 5.41 Å². The maximum atomic E-state index is 11.8. The maximum absolute atomic E-state index is 11.8. The molecule has 4 nitrogen and oxygen atoms in total. The van der Waals surface area contributed by atoms with Crippen molar-refractivity contribution in [1.29, 1.82) is 0 Å². The zero-order valence-corrected chi connectivity index (χ0v) is 9.96. The third-order valence-electron chi connectivity index (χ3n) is 2.94. The molecule has 0 saturated carbocycles. The highest BCUT2D eigenvalue weighted by Crippen LogP contribution is 2.35. The summed E-state index contributed by atoms with van der Waals surface area (Å²) in [6, 6.07) is 0. The van der Waals surface area contributed by atoms with Gasteiger partial charge in [0.15, 0.2) is 0 Å². The Morgan fingerprint density at radius 1 is 1.62 bits per heavy atom. The lowest BCUT2D eigenvalue weighted by Gasteiger charge is -2.29. The van der Waals surface area contributed by atoms with Crippen LogP contribution in [-0.2, 0) is 9.59 Å². The van der Waals surface area contributed by atoms with Gasteiger partial charge in [0.25, 0.3) is 0 Å². The van der Waals surface area contributed by atoms with Crippen molar-refractivity contribution in [2.45, 2.75) is 20.8 Å². The molecule has 16 heavy (non-hydrogen) atoms. The van der Waals surface area contributed by atoms with E-state index in [2.05, 4.69) is 16.6 Å². The minimum atomic E-state index is -0.617. The van der Waals surface area contributed by atoms with Crippen molar-refractivity contribution in [2.24, 2.45) is 17.3 Å². The van der Waals surface area contributed by atoms with Gasteiger partial charge >= 0.3 is 0 Å². The van der Waals surface area contributed by atoms with Gasteiger partial charge in [-0.2, -0.15) is 0 Å². The Kier molecular flexibility index (Phi) is 3.58. The van der Waals surface area contributed by atoms with E-state index in [9.17, 15) is 9.59 Å². The third-order valence-corrected chi connectivity index (χ3v) is 2.94. The highest BCUT2D eigenvalue weighted by Gasteiger charge is 2.45. The number of nitrogens with one attached hydrogen (secondary N) is 2. The molecule has 0 radical (unpaired) electrons. The summed E-state index contributed by atoms with van der Waals surface area (Å²) in [5.41, 5.74) is -0.0860. The van der Waals surface area contributed by atoms with Gasteiger partial charge in [0.05, 0.1) is 6.54 Å². The Morgan fingerprint density at radius 2 is 2.25 bits per heavy atom. The molecule has 1 rings (SSSR count). The molecule has 0 aromatic carbocycles. The molecule has 2 N–H and O–H groups in total. The van der Waals surface area contributed by atoms with Crippen molar-refractivity contribution in [3.8, 4) is 12.3 Å². The molecule has 0 spiro atoms. The number of hydrogen-bond acceptors (Lipinski definition) is 2. The fourth-order valence-corrected chi connectivity index (χ4v) is 1.98. The van der Waals surface area contributed by atoms with Crippen molar-refractivity contribution in [3.63, 3.8) is 0 Å². The summed E-state index contributed by atoms with van der Waals surface area (Å²) in [4.78, 5) is 23.4. The van der Waals surface area contributed by atoms with E-state index in [0.717, 1.165) is 0 Å². The number of amides is 2. The van der Waals surface area contributed by atoms with E-state index in [1.807, 2.05) is 20.8 Å². The van der Waals surface area contributed by atoms with Crippen LogP contribution in [-0.4, -0.2) is 24.9 Å². The van der Waals surface area contributed by atoms with E-state index in [0.29, 0.717) is 6.54 Å². The van der Waals surface area contributed by atoms with E-state index in [1.54, 1.807) is 0 Å². The molecule has 2 atom stereocenters. The van der Waals surface area contributed by atoms with Crippen LogP contribution < -0.4 is 10.6 Å². The molecule has 1 aliphatic heterocycles. The molecule has 88 valence electrons. The van der Waals surface area contributed by atoms with E-state index < -0.39 is 5.92 Å². The minimum Gasteiger partial charge on any atom is -0.355 e. The zero-order chi connectivity index (χ0) is 12.3. The first kappa shape index (κ1) is 12.6. The molecule has 0 bridgehead atoms. The summed E-state index contributed by atoms with van der Waals surface area (Å²) in [6.07, 6.45) is 5.07. The van der Waals surface area contributed by atoms with Crippen molar-refractivity contribution in [3.05, 3.63) is 0 Å². The van der Waals surface area contributed by atoms with Gasteiger partial charge in [-0.25, -0.2) is 0 Å². The summed E-state index contributed by atoms with van der Waals surface area (Å²) < 4.78 is 0. The fraction of sp³-hybridized carbons (Fsp3) is 0.667. The van der Waals surface area contributed by atoms with E-state index >= 15 is 0 Å². The Balaban J connectivity index is 2.79. The molecule has 0 aromatic heterocycles. The van der Waals surface area contributed by atoms with Gasteiger partial charge in [-0.3, -0.25) is 9.59 Å². The predicted molar refractivity (Wildman–Crippen MR) is 61.3 cm³/mol. The van der Waals surface area contributed by atoms with Crippen molar-refractivity contribution in [2.75, 3.05) is 13.1 Å². The lowest BCUT2D eigenvalue weighted by Crippen LogP contribution is -2.41. The Hall–Kier alpha value is -1.50. The van der Waals surface area contributed by atoms with Gasteiger partial charge in [0.2, 0.25) is 11.8 Å². The second kappa shape index (κ2) is 4.56. The van der Waals surface area contributed by atoms with Crippen LogP contribution in [0.1, 0.15) is 20.8 Å². The van der Waals surface area contributed by atoms with Crippen LogP contribution in [0.2, 0.25) is 0 Å². The highest BCUT2D eigenvalue weighted by molar-refractivity contribution is 6.02. The topological polar surface area (TPSA) is 58.2 Å². The minimum absolute atomic E-state index is 0.0118. The van der Waals surface area contributed by atoms with Gasteiger partial charge in [-0.1, -0.05) is 26.7 Å². The van der Waals surface area contributed by atoms with Gasteiger partial charge in [0, 0.05) is 12.5 Å². The van der Waals surface area contributed by atoms with Gasteiger partial charge < -0.3 is 10.6 Å². The molecule has 2 unspecified atom stereocenters. The average molecular weight is 222 g/mol. The zero-order valence-electron chi connectivity index (χ0n) is 9.96. The van der Waals surface area contributed by atoms with Crippen molar-refractivity contribution < 1.29 is 9.59 Å². The number of hydrogen-bond donors (Lipinski definition) is 2. The molecule has 0 aliphatic carbocycles. The third kappa shape index (κ3) is 2.54. The molecular formula is C12H18N2O2. The smallest absolute Gasteiger partial charge is 0.233 e. The van der Waals surface area contributed by atoms with Crippen LogP contribution in [0.5, 0.6) is 0 Å². The second-order valence-electron chi connectivity index (χ2n) is 5.12. The van der Waals surface area contributed by atoms with Crippen LogP contribution in [0.3, 0.4) is 0 Å². The molecule has 4 heteroatoms. The standard InChI is InChI=1S/C12H18N2O2/c1-5-6-13-10(15)9-8(12(2,3)4)7-14-11(9)16/h1,8-9H,6-7H2,2-4H3,(H,13,15)(H,14,16). The normalized spacial score (nSPS) is 24.8. The lowest BCUT2D eigenvalue weighted by atomic mass is 9.74. The quantitative estimate of drug-likeness (QED) is 0.516. The van der Waals surface area contributed by atoms with Crippen LogP contribution in [0.15, 0.2) is 0 Å². The van der Waals surface area contributed by atoms with Crippen LogP contribution >= 0.6 is 0 Å². The lowest BCUT2D eigenvalue weighted by molar-refractivity contribution is -0.135.